The molecule has 0 bridgehead atoms. The molecule has 30 heavy (non-hydrogen) atoms. The molecule has 7 heteroatoms. The Morgan fingerprint density at radius 2 is 1.83 bits per heavy atom. The van der Waals surface area contributed by atoms with Gasteiger partial charge < -0.3 is 20.5 Å². The molecule has 1 aliphatic rings. The van der Waals surface area contributed by atoms with Gasteiger partial charge in [-0.3, -0.25) is 14.4 Å². The van der Waals surface area contributed by atoms with E-state index in [0.29, 0.717) is 17.8 Å². The molecule has 4 rings (SSSR count). The predicted molar refractivity (Wildman–Crippen MR) is 115 cm³/mol. The fraction of sp³-hybridized carbons (Fsp3) is 0.261. The molecule has 154 valence electrons. The Balaban J connectivity index is 1.22. The topological polar surface area (TPSA) is 92.2 Å². The monoisotopic (exact) mass is 404 g/mol. The van der Waals surface area contributed by atoms with E-state index in [4.69, 9.17) is 0 Å². The van der Waals surface area contributed by atoms with Crippen molar-refractivity contribution in [2.24, 2.45) is 0 Å². The van der Waals surface area contributed by atoms with Crippen molar-refractivity contribution >= 4 is 34.3 Å². The second-order valence-electron chi connectivity index (χ2n) is 7.37. The normalized spacial score (nSPS) is 15.8. The number of para-hydroxylation sites is 2. The maximum Gasteiger partial charge on any atom is 0.254 e. The van der Waals surface area contributed by atoms with Crippen molar-refractivity contribution in [2.75, 3.05) is 11.9 Å². The standard InChI is InChI=1S/C23H24N4O3/c28-21(24-13-5-14-27-15-12-16-6-1-4-9-20(16)27)11-10-19-23(30)25-18-8-3-2-7-17(18)22(29)26-19/h1-4,6-9,12,15,19H,5,10-11,13-14H2,(H,24,28)(H,25,30)(H,26,29)/t19-/m0/s1. The number of hydrogen-bond donors (Lipinski definition) is 3. The van der Waals surface area contributed by atoms with Gasteiger partial charge in [0.05, 0.1) is 11.3 Å². The third kappa shape index (κ3) is 4.35. The van der Waals surface area contributed by atoms with Gasteiger partial charge in [-0.2, -0.15) is 0 Å². The minimum atomic E-state index is -0.734. The lowest BCUT2D eigenvalue weighted by molar-refractivity contribution is -0.121. The van der Waals surface area contributed by atoms with Crippen LogP contribution in [0.2, 0.25) is 0 Å². The molecular weight excluding hydrogens is 380 g/mol. The molecule has 0 unspecified atom stereocenters. The molecule has 1 aromatic heterocycles. The van der Waals surface area contributed by atoms with Crippen LogP contribution in [0.5, 0.6) is 0 Å². The van der Waals surface area contributed by atoms with Crippen LogP contribution in [-0.2, 0) is 16.1 Å². The number of fused-ring (bicyclic) bond motifs is 2. The number of carbonyl (C=O) groups excluding carboxylic acids is 3. The molecule has 1 aliphatic heterocycles. The van der Waals surface area contributed by atoms with Gasteiger partial charge in [-0.05, 0) is 42.5 Å². The van der Waals surface area contributed by atoms with E-state index in [1.165, 1.54) is 10.9 Å². The van der Waals surface area contributed by atoms with Crippen LogP contribution in [0.25, 0.3) is 10.9 Å². The quantitative estimate of drug-likeness (QED) is 0.529. The molecule has 3 N–H and O–H groups in total. The molecule has 0 fully saturated rings. The molecule has 2 aromatic carbocycles. The number of anilines is 1. The lowest BCUT2D eigenvalue weighted by Gasteiger charge is -2.14. The van der Waals surface area contributed by atoms with E-state index in [2.05, 4.69) is 44.9 Å². The van der Waals surface area contributed by atoms with Gasteiger partial charge >= 0.3 is 0 Å². The molecule has 7 nitrogen and oxygen atoms in total. The van der Waals surface area contributed by atoms with Crippen molar-refractivity contribution in [3.8, 4) is 0 Å². The zero-order valence-corrected chi connectivity index (χ0v) is 16.6. The summed E-state index contributed by atoms with van der Waals surface area (Å²) in [7, 11) is 0. The van der Waals surface area contributed by atoms with Gasteiger partial charge in [0.1, 0.15) is 6.04 Å². The number of nitrogens with zero attached hydrogens (tertiary/aromatic N) is 1. The highest BCUT2D eigenvalue weighted by molar-refractivity contribution is 6.09. The van der Waals surface area contributed by atoms with Gasteiger partial charge in [-0.15, -0.1) is 0 Å². The first-order valence-corrected chi connectivity index (χ1v) is 10.1. The number of nitrogens with one attached hydrogen (secondary N) is 3. The number of carbonyl (C=O) groups is 3. The lowest BCUT2D eigenvalue weighted by Crippen LogP contribution is -2.42. The smallest absolute Gasteiger partial charge is 0.254 e. The van der Waals surface area contributed by atoms with Crippen molar-refractivity contribution < 1.29 is 14.4 Å². The Morgan fingerprint density at radius 3 is 2.73 bits per heavy atom. The van der Waals surface area contributed by atoms with Gasteiger partial charge in [-0.25, -0.2) is 0 Å². The van der Waals surface area contributed by atoms with Gasteiger partial charge in [0.15, 0.2) is 0 Å². The third-order valence-electron chi connectivity index (χ3n) is 5.29. The number of benzene rings is 2. The van der Waals surface area contributed by atoms with Crippen LogP contribution in [0.3, 0.4) is 0 Å². The maximum absolute atomic E-state index is 12.4. The molecule has 0 spiro atoms. The average molecular weight is 404 g/mol. The minimum absolute atomic E-state index is 0.129. The molecule has 3 aromatic rings. The van der Waals surface area contributed by atoms with E-state index in [1.54, 1.807) is 24.3 Å². The fourth-order valence-corrected chi connectivity index (χ4v) is 3.69. The third-order valence-corrected chi connectivity index (χ3v) is 5.29. The first-order valence-electron chi connectivity index (χ1n) is 10.1. The molecule has 3 amide bonds. The second-order valence-corrected chi connectivity index (χ2v) is 7.37. The predicted octanol–water partition coefficient (Wildman–Crippen LogP) is 2.68. The second kappa shape index (κ2) is 8.82. The first-order chi connectivity index (χ1) is 14.6. The summed E-state index contributed by atoms with van der Waals surface area (Å²) in [6, 6.07) is 16.4. The SMILES string of the molecule is O=C(CC[C@@H]1NC(=O)c2ccccc2NC1=O)NCCCn1ccc2ccccc21. The summed E-state index contributed by atoms with van der Waals surface area (Å²) in [5, 5.41) is 9.56. The van der Waals surface area contributed by atoms with Crippen LogP contribution < -0.4 is 16.0 Å². The molecule has 0 aliphatic carbocycles. The zero-order valence-electron chi connectivity index (χ0n) is 16.6. The Labute approximate surface area is 174 Å². The number of amides is 3. The summed E-state index contributed by atoms with van der Waals surface area (Å²) in [6.45, 7) is 1.37. The van der Waals surface area contributed by atoms with Gasteiger partial charge in [0.25, 0.3) is 5.91 Å². The van der Waals surface area contributed by atoms with E-state index in [1.807, 2.05) is 12.1 Å². The Kier molecular flexibility index (Phi) is 5.79. The largest absolute Gasteiger partial charge is 0.356 e. The fourth-order valence-electron chi connectivity index (χ4n) is 3.69. The highest BCUT2D eigenvalue weighted by Gasteiger charge is 2.27. The van der Waals surface area contributed by atoms with Crippen molar-refractivity contribution in [2.45, 2.75) is 31.8 Å². The molecule has 0 saturated heterocycles. The van der Waals surface area contributed by atoms with Gasteiger partial charge in [0.2, 0.25) is 11.8 Å². The summed E-state index contributed by atoms with van der Waals surface area (Å²) >= 11 is 0. The Hall–Kier alpha value is -3.61. The van der Waals surface area contributed by atoms with Crippen molar-refractivity contribution in [3.63, 3.8) is 0 Å². The maximum atomic E-state index is 12.4. The number of hydrogen-bond acceptors (Lipinski definition) is 3. The summed E-state index contributed by atoms with van der Waals surface area (Å²) in [6.07, 6.45) is 3.28. The molecule has 2 heterocycles. The van der Waals surface area contributed by atoms with Gasteiger partial charge in [-0.1, -0.05) is 30.3 Å². The van der Waals surface area contributed by atoms with Gasteiger partial charge in [0, 0.05) is 31.2 Å². The molecular formula is C23H24N4O3. The van der Waals surface area contributed by atoms with E-state index in [0.717, 1.165) is 13.0 Å². The van der Waals surface area contributed by atoms with Crippen molar-refractivity contribution in [3.05, 3.63) is 66.4 Å². The summed E-state index contributed by atoms with van der Waals surface area (Å²) in [4.78, 5) is 36.9. The van der Waals surface area contributed by atoms with E-state index >= 15 is 0 Å². The van der Waals surface area contributed by atoms with Crippen molar-refractivity contribution in [1.82, 2.24) is 15.2 Å². The summed E-state index contributed by atoms with van der Waals surface area (Å²) in [5.41, 5.74) is 2.10. The highest BCUT2D eigenvalue weighted by Crippen LogP contribution is 2.19. The zero-order chi connectivity index (χ0) is 20.9. The van der Waals surface area contributed by atoms with Crippen LogP contribution in [0.1, 0.15) is 29.6 Å². The summed E-state index contributed by atoms with van der Waals surface area (Å²) in [5.74, 6) is -0.745. The lowest BCUT2D eigenvalue weighted by atomic mass is 10.1. The van der Waals surface area contributed by atoms with Crippen LogP contribution in [-0.4, -0.2) is 34.9 Å². The van der Waals surface area contributed by atoms with Crippen LogP contribution in [0.4, 0.5) is 5.69 Å². The van der Waals surface area contributed by atoms with E-state index in [-0.39, 0.29) is 30.6 Å². The van der Waals surface area contributed by atoms with Crippen LogP contribution in [0.15, 0.2) is 60.8 Å². The van der Waals surface area contributed by atoms with Crippen LogP contribution >= 0.6 is 0 Å². The highest BCUT2D eigenvalue weighted by atomic mass is 16.2. The average Bonchev–Trinajstić information content (AvgIpc) is 3.12. The van der Waals surface area contributed by atoms with E-state index < -0.39 is 6.04 Å². The first kappa shape index (κ1) is 19.7. The van der Waals surface area contributed by atoms with Crippen molar-refractivity contribution in [1.29, 1.82) is 0 Å². The molecule has 0 saturated carbocycles. The minimum Gasteiger partial charge on any atom is -0.356 e. The number of aromatic nitrogens is 1. The Morgan fingerprint density at radius 1 is 1.03 bits per heavy atom. The van der Waals surface area contributed by atoms with Crippen LogP contribution in [0, 0.1) is 0 Å². The summed E-state index contributed by atoms with van der Waals surface area (Å²) < 4.78 is 2.17. The Bertz CT molecular complexity index is 1090. The number of rotatable bonds is 7. The molecule has 0 radical (unpaired) electrons. The van der Waals surface area contributed by atoms with E-state index in [9.17, 15) is 14.4 Å². The number of aryl methyl sites for hydroxylation is 1. The molecule has 1 atom stereocenters.